The molecule has 0 aliphatic rings. The van der Waals surface area contributed by atoms with E-state index in [-0.39, 0.29) is 11.8 Å². The summed E-state index contributed by atoms with van der Waals surface area (Å²) >= 11 is 0. The first-order chi connectivity index (χ1) is 11.9. The van der Waals surface area contributed by atoms with Gasteiger partial charge in [0.1, 0.15) is 5.60 Å². The second-order valence-electron chi connectivity index (χ2n) is 7.20. The predicted octanol–water partition coefficient (Wildman–Crippen LogP) is 3.85. The zero-order valence-corrected chi connectivity index (χ0v) is 15.7. The van der Waals surface area contributed by atoms with Crippen LogP contribution in [0.25, 0.3) is 0 Å². The fourth-order valence-corrected chi connectivity index (χ4v) is 3.24. The van der Waals surface area contributed by atoms with Gasteiger partial charge in [0.05, 0.1) is 0 Å². The highest BCUT2D eigenvalue weighted by Gasteiger charge is 2.38. The molecule has 0 radical (unpaired) electrons. The Bertz CT molecular complexity index is 699. The molecule has 0 heterocycles. The first kappa shape index (κ1) is 19.2. The molecule has 0 amide bonds. The van der Waals surface area contributed by atoms with Gasteiger partial charge in [0.2, 0.25) is 0 Å². The lowest BCUT2D eigenvalue weighted by atomic mass is 9.76. The second-order valence-corrected chi connectivity index (χ2v) is 7.20. The summed E-state index contributed by atoms with van der Waals surface area (Å²) in [5.41, 5.74) is 1.12. The number of aliphatic hydroxyl groups is 1. The minimum atomic E-state index is -1.05. The summed E-state index contributed by atoms with van der Waals surface area (Å²) in [7, 11) is 4.06. The molecule has 0 aliphatic carbocycles. The van der Waals surface area contributed by atoms with E-state index >= 15 is 0 Å². The number of rotatable bonds is 6. The number of benzene rings is 2. The minimum Gasteiger partial charge on any atom is -0.377 e. The molecule has 0 spiro atoms. The Morgan fingerprint density at radius 1 is 0.920 bits per heavy atom. The number of hydrogen-bond acceptors (Lipinski definition) is 2. The van der Waals surface area contributed by atoms with Gasteiger partial charge in [0.25, 0.3) is 0 Å². The molecule has 0 aromatic heterocycles. The van der Waals surface area contributed by atoms with E-state index in [0.29, 0.717) is 0 Å². The van der Waals surface area contributed by atoms with Gasteiger partial charge in [-0.1, -0.05) is 74.2 Å². The summed E-state index contributed by atoms with van der Waals surface area (Å²) < 4.78 is 0. The molecule has 132 valence electrons. The lowest BCUT2D eigenvalue weighted by molar-refractivity contribution is -0.0125. The molecule has 1 N–H and O–H groups in total. The predicted molar refractivity (Wildman–Crippen MR) is 105 cm³/mol. The monoisotopic (exact) mass is 335 g/mol. The average molecular weight is 335 g/mol. The van der Waals surface area contributed by atoms with Crippen molar-refractivity contribution in [2.75, 3.05) is 20.6 Å². The SMILES string of the molecule is CC(Cc1ccccc1)C(O)(C#Cc1ccccc1)C(C)CN(C)C. The van der Waals surface area contributed by atoms with Crippen molar-refractivity contribution in [1.29, 1.82) is 0 Å². The quantitative estimate of drug-likeness (QED) is 0.811. The zero-order chi connectivity index (χ0) is 18.3. The van der Waals surface area contributed by atoms with Crippen LogP contribution in [0.2, 0.25) is 0 Å². The molecule has 2 nitrogen and oxygen atoms in total. The second kappa shape index (κ2) is 8.85. The Kier molecular flexibility index (Phi) is 6.82. The van der Waals surface area contributed by atoms with Crippen LogP contribution >= 0.6 is 0 Å². The van der Waals surface area contributed by atoms with E-state index in [2.05, 4.69) is 42.7 Å². The molecule has 25 heavy (non-hydrogen) atoms. The van der Waals surface area contributed by atoms with Crippen molar-refractivity contribution in [3.8, 4) is 11.8 Å². The van der Waals surface area contributed by atoms with E-state index in [1.165, 1.54) is 5.56 Å². The van der Waals surface area contributed by atoms with Crippen LogP contribution in [-0.4, -0.2) is 36.2 Å². The highest BCUT2D eigenvalue weighted by Crippen LogP contribution is 2.29. The molecule has 3 atom stereocenters. The molecule has 0 bridgehead atoms. The van der Waals surface area contributed by atoms with Crippen LogP contribution in [0.5, 0.6) is 0 Å². The van der Waals surface area contributed by atoms with Crippen LogP contribution in [0.3, 0.4) is 0 Å². The van der Waals surface area contributed by atoms with E-state index in [9.17, 15) is 5.11 Å². The summed E-state index contributed by atoms with van der Waals surface area (Å²) in [6.45, 7) is 4.97. The molecule has 0 saturated carbocycles. The Morgan fingerprint density at radius 2 is 1.48 bits per heavy atom. The number of nitrogens with zero attached hydrogens (tertiary/aromatic N) is 1. The Balaban J connectivity index is 2.29. The van der Waals surface area contributed by atoms with Crippen LogP contribution in [0.4, 0.5) is 0 Å². The van der Waals surface area contributed by atoms with Crippen LogP contribution in [0.15, 0.2) is 60.7 Å². The Morgan fingerprint density at radius 3 is 2.04 bits per heavy atom. The highest BCUT2D eigenvalue weighted by molar-refractivity contribution is 5.37. The van der Waals surface area contributed by atoms with Crippen molar-refractivity contribution >= 4 is 0 Å². The van der Waals surface area contributed by atoms with Gasteiger partial charge in [-0.3, -0.25) is 0 Å². The standard InChI is InChI=1S/C23H29NO/c1-19(17-22-13-9-6-10-14-22)23(25,20(2)18-24(3)4)16-15-21-11-7-5-8-12-21/h5-14,19-20,25H,17-18H2,1-4H3. The largest absolute Gasteiger partial charge is 0.377 e. The molecular weight excluding hydrogens is 306 g/mol. The van der Waals surface area contributed by atoms with E-state index in [4.69, 9.17) is 0 Å². The van der Waals surface area contributed by atoms with Gasteiger partial charge in [-0.05, 0) is 38.2 Å². The average Bonchev–Trinajstić information content (AvgIpc) is 2.60. The lowest BCUT2D eigenvalue weighted by Gasteiger charge is -2.36. The normalized spacial score (nSPS) is 15.8. The van der Waals surface area contributed by atoms with Crippen molar-refractivity contribution in [2.24, 2.45) is 11.8 Å². The van der Waals surface area contributed by atoms with Gasteiger partial charge in [-0.15, -0.1) is 0 Å². The van der Waals surface area contributed by atoms with E-state index < -0.39 is 5.60 Å². The molecule has 3 unspecified atom stereocenters. The first-order valence-electron chi connectivity index (χ1n) is 8.91. The lowest BCUT2D eigenvalue weighted by Crippen LogP contribution is -2.46. The molecule has 0 aliphatic heterocycles. The van der Waals surface area contributed by atoms with Crippen molar-refractivity contribution in [3.05, 3.63) is 71.8 Å². The molecule has 2 heteroatoms. The summed E-state index contributed by atoms with van der Waals surface area (Å²) in [6.07, 6.45) is 0.804. The Hall–Kier alpha value is -2.08. The molecule has 2 aromatic rings. The fourth-order valence-electron chi connectivity index (χ4n) is 3.24. The third-order valence-corrected chi connectivity index (χ3v) is 4.71. The molecule has 0 fully saturated rings. The minimum absolute atomic E-state index is 0.0288. The van der Waals surface area contributed by atoms with E-state index in [0.717, 1.165) is 18.5 Å². The van der Waals surface area contributed by atoms with Gasteiger partial charge >= 0.3 is 0 Å². The van der Waals surface area contributed by atoms with Crippen LogP contribution < -0.4 is 0 Å². The third kappa shape index (κ3) is 5.46. The van der Waals surface area contributed by atoms with Gasteiger partial charge < -0.3 is 10.0 Å². The van der Waals surface area contributed by atoms with Crippen molar-refractivity contribution < 1.29 is 5.11 Å². The summed E-state index contributed by atoms with van der Waals surface area (Å²) in [5, 5.41) is 11.5. The summed E-state index contributed by atoms with van der Waals surface area (Å²) in [6, 6.07) is 20.2. The van der Waals surface area contributed by atoms with Gasteiger partial charge in [-0.25, -0.2) is 0 Å². The fraction of sp³-hybridized carbons (Fsp3) is 0.391. The van der Waals surface area contributed by atoms with Gasteiger partial charge in [0.15, 0.2) is 0 Å². The van der Waals surface area contributed by atoms with Crippen LogP contribution in [0.1, 0.15) is 25.0 Å². The molecular formula is C23H29NO. The maximum absolute atomic E-state index is 11.5. The first-order valence-corrected chi connectivity index (χ1v) is 8.91. The topological polar surface area (TPSA) is 23.5 Å². The van der Waals surface area contributed by atoms with Crippen molar-refractivity contribution in [2.45, 2.75) is 25.9 Å². The van der Waals surface area contributed by atoms with Crippen LogP contribution in [0, 0.1) is 23.7 Å². The van der Waals surface area contributed by atoms with Crippen molar-refractivity contribution in [1.82, 2.24) is 4.90 Å². The van der Waals surface area contributed by atoms with E-state index in [1.807, 2.05) is 62.6 Å². The Labute approximate surface area is 152 Å². The zero-order valence-electron chi connectivity index (χ0n) is 15.7. The maximum atomic E-state index is 11.5. The van der Waals surface area contributed by atoms with Gasteiger partial charge in [-0.2, -0.15) is 0 Å². The van der Waals surface area contributed by atoms with Crippen molar-refractivity contribution in [3.63, 3.8) is 0 Å². The third-order valence-electron chi connectivity index (χ3n) is 4.71. The summed E-state index contributed by atoms with van der Waals surface area (Å²) in [5.74, 6) is 6.47. The van der Waals surface area contributed by atoms with Crippen LogP contribution in [-0.2, 0) is 6.42 Å². The molecule has 2 aromatic carbocycles. The number of hydrogen-bond donors (Lipinski definition) is 1. The van der Waals surface area contributed by atoms with E-state index in [1.54, 1.807) is 0 Å². The smallest absolute Gasteiger partial charge is 0.132 e. The summed E-state index contributed by atoms with van der Waals surface area (Å²) in [4.78, 5) is 2.11. The van der Waals surface area contributed by atoms with Gasteiger partial charge in [0, 0.05) is 23.9 Å². The highest BCUT2D eigenvalue weighted by atomic mass is 16.3. The molecule has 2 rings (SSSR count). The molecule has 0 saturated heterocycles. The maximum Gasteiger partial charge on any atom is 0.132 e.